The molecule has 1 saturated carbocycles. The summed E-state index contributed by atoms with van der Waals surface area (Å²) in [4.78, 5) is 22.6. The van der Waals surface area contributed by atoms with E-state index in [0.717, 1.165) is 19.3 Å². The van der Waals surface area contributed by atoms with E-state index in [0.29, 0.717) is 6.42 Å². The highest BCUT2D eigenvalue weighted by Gasteiger charge is 2.72. The second-order valence-electron chi connectivity index (χ2n) is 5.30. The van der Waals surface area contributed by atoms with Crippen LogP contribution in [0.15, 0.2) is 0 Å². The number of hydrogen-bond acceptors (Lipinski definition) is 4. The summed E-state index contributed by atoms with van der Waals surface area (Å²) in [6, 6.07) is 0. The van der Waals surface area contributed by atoms with Gasteiger partial charge in [-0.3, -0.25) is 14.9 Å². The maximum Gasteiger partial charge on any atom is 0.306 e. The van der Waals surface area contributed by atoms with Crippen LogP contribution >= 0.6 is 0 Å². The number of carbonyl (C=O) groups is 1. The molecular formula is C12H19NO4. The van der Waals surface area contributed by atoms with Crippen LogP contribution in [-0.4, -0.2) is 22.5 Å². The summed E-state index contributed by atoms with van der Waals surface area (Å²) in [5, 5.41) is 11.3. The van der Waals surface area contributed by atoms with Gasteiger partial charge in [-0.15, -0.1) is 0 Å². The number of ether oxygens (including phenoxy) is 1. The Balaban J connectivity index is 2.22. The van der Waals surface area contributed by atoms with Crippen molar-refractivity contribution in [3.05, 3.63) is 10.1 Å². The molecule has 2 fully saturated rings. The first-order chi connectivity index (χ1) is 8.02. The minimum Gasteiger partial charge on any atom is -0.462 e. The number of hydrogen-bond donors (Lipinski definition) is 0. The first kappa shape index (κ1) is 12.3. The molecule has 0 aromatic rings. The van der Waals surface area contributed by atoms with Gasteiger partial charge in [0.15, 0.2) is 0 Å². The number of carbonyl (C=O) groups excluding carboxylic acids is 1. The van der Waals surface area contributed by atoms with Gasteiger partial charge < -0.3 is 4.74 Å². The molecule has 0 unspecified atom stereocenters. The monoisotopic (exact) mass is 241 g/mol. The van der Waals surface area contributed by atoms with Crippen molar-refractivity contribution in [3.8, 4) is 0 Å². The summed E-state index contributed by atoms with van der Waals surface area (Å²) in [6.45, 7) is 3.86. The topological polar surface area (TPSA) is 69.4 Å². The van der Waals surface area contributed by atoms with Crippen molar-refractivity contribution in [2.45, 2.75) is 57.6 Å². The van der Waals surface area contributed by atoms with Crippen LogP contribution in [0, 0.1) is 22.0 Å². The third kappa shape index (κ3) is 1.91. The number of nitrogens with zero attached hydrogens (tertiary/aromatic N) is 1. The highest BCUT2D eigenvalue weighted by Crippen LogP contribution is 2.57. The van der Waals surface area contributed by atoms with E-state index in [9.17, 15) is 14.9 Å². The van der Waals surface area contributed by atoms with E-state index in [1.165, 1.54) is 0 Å². The molecule has 96 valence electrons. The second kappa shape index (κ2) is 4.27. The number of fused-ring (bicyclic) bond motifs is 1. The Morgan fingerprint density at radius 3 is 2.88 bits per heavy atom. The molecule has 1 aliphatic carbocycles. The summed E-state index contributed by atoms with van der Waals surface area (Å²) in [7, 11) is 0. The summed E-state index contributed by atoms with van der Waals surface area (Å²) < 4.78 is 5.25. The van der Waals surface area contributed by atoms with E-state index in [4.69, 9.17) is 4.74 Å². The van der Waals surface area contributed by atoms with Crippen molar-refractivity contribution in [3.63, 3.8) is 0 Å². The highest BCUT2D eigenvalue weighted by atomic mass is 16.6. The van der Waals surface area contributed by atoms with E-state index in [1.54, 1.807) is 6.92 Å². The summed E-state index contributed by atoms with van der Waals surface area (Å²) in [5.74, 6) is -0.490. The van der Waals surface area contributed by atoms with E-state index in [1.807, 2.05) is 0 Å². The largest absolute Gasteiger partial charge is 0.462 e. The lowest BCUT2D eigenvalue weighted by atomic mass is 9.86. The Bertz CT molecular complexity index is 343. The summed E-state index contributed by atoms with van der Waals surface area (Å²) in [5.41, 5.74) is -0.874. The maximum absolute atomic E-state index is 11.5. The number of cyclic esters (lactones) is 1. The molecule has 1 aliphatic heterocycles. The molecule has 0 N–H and O–H groups in total. The predicted molar refractivity (Wildman–Crippen MR) is 61.0 cm³/mol. The van der Waals surface area contributed by atoms with Crippen molar-refractivity contribution in [2.24, 2.45) is 11.8 Å². The van der Waals surface area contributed by atoms with E-state index in [2.05, 4.69) is 6.92 Å². The third-order valence-corrected chi connectivity index (χ3v) is 4.27. The van der Waals surface area contributed by atoms with Crippen LogP contribution in [0.2, 0.25) is 0 Å². The first-order valence-corrected chi connectivity index (χ1v) is 6.36. The highest BCUT2D eigenvalue weighted by molar-refractivity contribution is 5.71. The molecule has 0 amide bonds. The van der Waals surface area contributed by atoms with Gasteiger partial charge in [-0.05, 0) is 13.3 Å². The molecule has 0 aromatic heterocycles. The molecule has 4 atom stereocenters. The van der Waals surface area contributed by atoms with Crippen LogP contribution in [0.3, 0.4) is 0 Å². The third-order valence-electron chi connectivity index (χ3n) is 4.27. The van der Waals surface area contributed by atoms with Crippen LogP contribution < -0.4 is 0 Å². The van der Waals surface area contributed by atoms with Gasteiger partial charge in [0, 0.05) is 17.3 Å². The number of rotatable bonds is 4. The molecule has 2 rings (SSSR count). The normalized spacial score (nSPS) is 40.1. The van der Waals surface area contributed by atoms with Crippen LogP contribution in [0.5, 0.6) is 0 Å². The lowest BCUT2D eigenvalue weighted by Crippen LogP contribution is -2.39. The minimum absolute atomic E-state index is 0.100. The smallest absolute Gasteiger partial charge is 0.306 e. The average molecular weight is 241 g/mol. The summed E-state index contributed by atoms with van der Waals surface area (Å²) in [6.07, 6.45) is 3.18. The standard InChI is InChI=1S/C12H19NO4/c1-3-4-5-10-8(2)17-11(14)6-9-7-12(9,10)13(15)16/h8-10H,3-7H2,1-2H3/t8-,9-,10-,12-/m1/s1. The zero-order valence-corrected chi connectivity index (χ0v) is 10.3. The van der Waals surface area contributed by atoms with E-state index in [-0.39, 0.29) is 35.3 Å². The molecule has 0 aromatic carbocycles. The molecular weight excluding hydrogens is 222 g/mol. The molecule has 5 nitrogen and oxygen atoms in total. The van der Waals surface area contributed by atoms with Gasteiger partial charge >= 0.3 is 5.97 Å². The molecule has 1 saturated heterocycles. The lowest BCUT2D eigenvalue weighted by molar-refractivity contribution is -0.554. The zero-order chi connectivity index (χ0) is 12.6. The van der Waals surface area contributed by atoms with E-state index < -0.39 is 5.54 Å². The Kier molecular flexibility index (Phi) is 3.10. The molecule has 0 radical (unpaired) electrons. The second-order valence-corrected chi connectivity index (χ2v) is 5.30. The van der Waals surface area contributed by atoms with Gasteiger partial charge in [0.1, 0.15) is 6.10 Å². The Hall–Kier alpha value is -1.13. The van der Waals surface area contributed by atoms with E-state index >= 15 is 0 Å². The van der Waals surface area contributed by atoms with Crippen LogP contribution in [-0.2, 0) is 9.53 Å². The fourth-order valence-electron chi connectivity index (χ4n) is 3.25. The Labute approximate surface area is 101 Å². The quantitative estimate of drug-likeness (QED) is 0.429. The van der Waals surface area contributed by atoms with Crippen LogP contribution in [0.25, 0.3) is 0 Å². The molecule has 0 spiro atoms. The SMILES string of the molecule is CCCC[C@@H]1[C@@H](C)OC(=O)C[C@@H]2C[C@@]21[N+](=O)[O-]. The van der Waals surface area contributed by atoms with Crippen molar-refractivity contribution in [1.82, 2.24) is 0 Å². The van der Waals surface area contributed by atoms with Gasteiger partial charge in [0.2, 0.25) is 5.54 Å². The first-order valence-electron chi connectivity index (χ1n) is 6.36. The van der Waals surface area contributed by atoms with Gasteiger partial charge in [0.25, 0.3) is 0 Å². The molecule has 0 bridgehead atoms. The lowest BCUT2D eigenvalue weighted by Gasteiger charge is -2.25. The molecule has 17 heavy (non-hydrogen) atoms. The predicted octanol–water partition coefficient (Wildman–Crippen LogP) is 2.16. The van der Waals surface area contributed by atoms with Crippen molar-refractivity contribution in [1.29, 1.82) is 0 Å². The van der Waals surface area contributed by atoms with Gasteiger partial charge in [-0.1, -0.05) is 19.8 Å². The van der Waals surface area contributed by atoms with Gasteiger partial charge in [-0.25, -0.2) is 0 Å². The number of esters is 1. The minimum atomic E-state index is -0.874. The zero-order valence-electron chi connectivity index (χ0n) is 10.3. The number of unbranched alkanes of at least 4 members (excludes halogenated alkanes) is 1. The molecule has 5 heteroatoms. The van der Waals surface area contributed by atoms with Gasteiger partial charge in [0.05, 0.1) is 12.3 Å². The van der Waals surface area contributed by atoms with Crippen LogP contribution in [0.4, 0.5) is 0 Å². The fourth-order valence-corrected chi connectivity index (χ4v) is 3.25. The Morgan fingerprint density at radius 2 is 2.29 bits per heavy atom. The fraction of sp³-hybridized carbons (Fsp3) is 0.917. The van der Waals surface area contributed by atoms with Crippen molar-refractivity contribution >= 4 is 5.97 Å². The van der Waals surface area contributed by atoms with Crippen LogP contribution in [0.1, 0.15) is 46.0 Å². The van der Waals surface area contributed by atoms with Gasteiger partial charge in [-0.2, -0.15) is 0 Å². The Morgan fingerprint density at radius 1 is 1.59 bits per heavy atom. The molecule has 1 heterocycles. The van der Waals surface area contributed by atoms with Crippen molar-refractivity contribution in [2.75, 3.05) is 0 Å². The molecule has 2 aliphatic rings. The number of nitro groups is 1. The summed E-state index contributed by atoms with van der Waals surface area (Å²) >= 11 is 0. The van der Waals surface area contributed by atoms with Crippen molar-refractivity contribution < 1.29 is 14.5 Å². The maximum atomic E-state index is 11.5. The average Bonchev–Trinajstić information content (AvgIpc) is 2.93.